The summed E-state index contributed by atoms with van der Waals surface area (Å²) in [5.41, 5.74) is 2.93. The molecular formula is C20H20N6O2. The van der Waals surface area contributed by atoms with E-state index in [2.05, 4.69) is 20.4 Å². The molecule has 1 fully saturated rings. The standard InChI is InChI=1S/C20H20N6O2/c1-13-21-18-16(8-5-11-26(18)24-13)23-20(27)25-10-4-6-14(12-25)19-22-15-7-2-3-9-17(15)28-19/h2-3,5,7-9,11,14H,4,6,10,12H2,1H3,(H,23,27)/t14-/m0/s1. The molecule has 8 nitrogen and oxygen atoms in total. The number of nitrogens with one attached hydrogen (secondary N) is 1. The van der Waals surface area contributed by atoms with Gasteiger partial charge in [-0.3, -0.25) is 0 Å². The molecule has 8 heteroatoms. The third kappa shape index (κ3) is 2.96. The number of aryl methyl sites for hydroxylation is 1. The maximum absolute atomic E-state index is 12.9. The van der Waals surface area contributed by atoms with Gasteiger partial charge in [0.1, 0.15) is 11.3 Å². The first-order valence-electron chi connectivity index (χ1n) is 9.41. The van der Waals surface area contributed by atoms with E-state index in [-0.39, 0.29) is 11.9 Å². The minimum absolute atomic E-state index is 0.0954. The van der Waals surface area contributed by atoms with Gasteiger partial charge >= 0.3 is 6.03 Å². The van der Waals surface area contributed by atoms with Crippen molar-refractivity contribution in [3.8, 4) is 0 Å². The first-order valence-corrected chi connectivity index (χ1v) is 9.41. The number of piperidine rings is 1. The summed E-state index contributed by atoms with van der Waals surface area (Å²) >= 11 is 0. The number of oxazole rings is 1. The number of likely N-dealkylation sites (tertiary alicyclic amines) is 1. The summed E-state index contributed by atoms with van der Waals surface area (Å²) in [6.45, 7) is 3.11. The minimum Gasteiger partial charge on any atom is -0.440 e. The Balaban J connectivity index is 1.34. The Morgan fingerprint density at radius 1 is 1.21 bits per heavy atom. The maximum atomic E-state index is 12.9. The quantitative estimate of drug-likeness (QED) is 0.577. The highest BCUT2D eigenvalue weighted by Crippen LogP contribution is 2.29. The number of hydrogen-bond acceptors (Lipinski definition) is 5. The highest BCUT2D eigenvalue weighted by molar-refractivity contribution is 5.93. The molecule has 5 rings (SSSR count). The van der Waals surface area contributed by atoms with E-state index in [1.54, 1.807) is 4.52 Å². The van der Waals surface area contributed by atoms with E-state index in [9.17, 15) is 4.79 Å². The van der Waals surface area contributed by atoms with Gasteiger partial charge in [-0.15, -0.1) is 0 Å². The number of rotatable bonds is 2. The van der Waals surface area contributed by atoms with Crippen molar-refractivity contribution in [3.63, 3.8) is 0 Å². The molecule has 1 aromatic carbocycles. The van der Waals surface area contributed by atoms with E-state index in [0.717, 1.165) is 23.9 Å². The summed E-state index contributed by atoms with van der Waals surface area (Å²) in [6.07, 6.45) is 3.68. The number of benzene rings is 1. The van der Waals surface area contributed by atoms with Crippen LogP contribution in [0, 0.1) is 6.92 Å². The molecule has 0 saturated carbocycles. The zero-order valence-corrected chi connectivity index (χ0v) is 15.5. The van der Waals surface area contributed by atoms with Crippen LogP contribution in [0.4, 0.5) is 10.5 Å². The molecule has 1 atom stereocenters. The molecular weight excluding hydrogens is 356 g/mol. The third-order valence-corrected chi connectivity index (χ3v) is 5.08. The molecule has 0 spiro atoms. The van der Waals surface area contributed by atoms with E-state index < -0.39 is 0 Å². The van der Waals surface area contributed by atoms with Crippen molar-refractivity contribution in [1.82, 2.24) is 24.5 Å². The summed E-state index contributed by atoms with van der Waals surface area (Å²) in [4.78, 5) is 23.7. The summed E-state index contributed by atoms with van der Waals surface area (Å²) in [5.74, 6) is 1.46. The number of anilines is 1. The third-order valence-electron chi connectivity index (χ3n) is 5.08. The van der Waals surface area contributed by atoms with Crippen molar-refractivity contribution in [1.29, 1.82) is 0 Å². The molecule has 4 heterocycles. The minimum atomic E-state index is -0.144. The molecule has 3 aromatic heterocycles. The molecule has 0 unspecified atom stereocenters. The molecule has 0 radical (unpaired) electrons. The molecule has 142 valence electrons. The predicted octanol–water partition coefficient (Wildman–Crippen LogP) is 3.59. The van der Waals surface area contributed by atoms with Crippen LogP contribution in [0.2, 0.25) is 0 Å². The number of urea groups is 1. The number of carbonyl (C=O) groups excluding carboxylic acids is 1. The molecule has 1 saturated heterocycles. The maximum Gasteiger partial charge on any atom is 0.321 e. The Hall–Kier alpha value is -3.42. The van der Waals surface area contributed by atoms with Crippen LogP contribution in [0.3, 0.4) is 0 Å². The number of pyridine rings is 1. The lowest BCUT2D eigenvalue weighted by atomic mass is 9.98. The second kappa shape index (κ2) is 6.63. The molecule has 0 bridgehead atoms. The van der Waals surface area contributed by atoms with Crippen LogP contribution >= 0.6 is 0 Å². The van der Waals surface area contributed by atoms with E-state index in [4.69, 9.17) is 4.42 Å². The summed E-state index contributed by atoms with van der Waals surface area (Å²) in [5, 5.41) is 7.27. The summed E-state index contributed by atoms with van der Waals surface area (Å²) < 4.78 is 7.59. The van der Waals surface area contributed by atoms with Crippen LogP contribution in [0.15, 0.2) is 47.0 Å². The number of aromatic nitrogens is 4. The predicted molar refractivity (Wildman–Crippen MR) is 104 cm³/mol. The second-order valence-electron chi connectivity index (χ2n) is 7.08. The Kier molecular flexibility index (Phi) is 3.96. The highest BCUT2D eigenvalue weighted by atomic mass is 16.3. The highest BCUT2D eigenvalue weighted by Gasteiger charge is 2.28. The molecule has 28 heavy (non-hydrogen) atoms. The summed E-state index contributed by atoms with van der Waals surface area (Å²) in [7, 11) is 0. The average Bonchev–Trinajstić information content (AvgIpc) is 3.31. The largest absolute Gasteiger partial charge is 0.440 e. The average molecular weight is 376 g/mol. The van der Waals surface area contributed by atoms with Crippen molar-refractivity contribution in [2.75, 3.05) is 18.4 Å². The monoisotopic (exact) mass is 376 g/mol. The molecule has 4 aromatic rings. The van der Waals surface area contributed by atoms with Crippen LogP contribution < -0.4 is 5.32 Å². The van der Waals surface area contributed by atoms with Crippen molar-refractivity contribution < 1.29 is 9.21 Å². The van der Waals surface area contributed by atoms with E-state index in [1.807, 2.05) is 54.4 Å². The van der Waals surface area contributed by atoms with Crippen LogP contribution in [-0.2, 0) is 0 Å². The molecule has 2 amide bonds. The normalized spacial score (nSPS) is 17.3. The van der Waals surface area contributed by atoms with Crippen molar-refractivity contribution in [3.05, 3.63) is 54.3 Å². The molecule has 0 aliphatic carbocycles. The lowest BCUT2D eigenvalue weighted by Gasteiger charge is -2.31. The van der Waals surface area contributed by atoms with Gasteiger partial charge < -0.3 is 14.6 Å². The van der Waals surface area contributed by atoms with Gasteiger partial charge in [0.2, 0.25) is 0 Å². The Labute approximate surface area is 161 Å². The van der Waals surface area contributed by atoms with Crippen LogP contribution in [-0.4, -0.2) is 43.6 Å². The van der Waals surface area contributed by atoms with Crippen LogP contribution in [0.1, 0.15) is 30.5 Å². The molecule has 1 N–H and O–H groups in total. The van der Waals surface area contributed by atoms with Crippen molar-refractivity contribution in [2.24, 2.45) is 0 Å². The zero-order chi connectivity index (χ0) is 19.1. The Bertz CT molecular complexity index is 1130. The molecule has 1 aliphatic rings. The zero-order valence-electron chi connectivity index (χ0n) is 15.5. The summed E-state index contributed by atoms with van der Waals surface area (Å²) in [6, 6.07) is 11.3. The number of carbonyl (C=O) groups is 1. The molecule has 1 aliphatic heterocycles. The number of para-hydroxylation sites is 2. The topological polar surface area (TPSA) is 88.6 Å². The first-order chi connectivity index (χ1) is 13.7. The van der Waals surface area contributed by atoms with E-state index in [0.29, 0.717) is 36.1 Å². The lowest BCUT2D eigenvalue weighted by Crippen LogP contribution is -2.41. The van der Waals surface area contributed by atoms with Crippen LogP contribution in [0.5, 0.6) is 0 Å². The first kappa shape index (κ1) is 16.7. The smallest absolute Gasteiger partial charge is 0.321 e. The van der Waals surface area contributed by atoms with Gasteiger partial charge in [-0.1, -0.05) is 12.1 Å². The van der Waals surface area contributed by atoms with Gasteiger partial charge in [0, 0.05) is 19.3 Å². The SMILES string of the molecule is Cc1nc2c(NC(=O)N3CCC[C@H](c4nc5ccccc5o4)C3)cccn2n1. The Morgan fingerprint density at radius 2 is 2.11 bits per heavy atom. The van der Waals surface area contributed by atoms with Gasteiger partial charge in [-0.25, -0.2) is 19.3 Å². The number of nitrogens with zero attached hydrogens (tertiary/aromatic N) is 5. The van der Waals surface area contributed by atoms with E-state index >= 15 is 0 Å². The fourth-order valence-corrected chi connectivity index (χ4v) is 3.73. The van der Waals surface area contributed by atoms with Gasteiger partial charge in [0.25, 0.3) is 0 Å². The van der Waals surface area contributed by atoms with E-state index in [1.165, 1.54) is 0 Å². The number of fused-ring (bicyclic) bond motifs is 2. The van der Waals surface area contributed by atoms with Gasteiger partial charge in [0.15, 0.2) is 17.1 Å². The fourth-order valence-electron chi connectivity index (χ4n) is 3.73. The van der Waals surface area contributed by atoms with Gasteiger partial charge in [-0.05, 0) is 44.0 Å². The van der Waals surface area contributed by atoms with Gasteiger partial charge in [-0.2, -0.15) is 5.10 Å². The van der Waals surface area contributed by atoms with Crippen LogP contribution in [0.25, 0.3) is 16.7 Å². The number of amides is 2. The second-order valence-corrected chi connectivity index (χ2v) is 7.08. The Morgan fingerprint density at radius 3 is 3.00 bits per heavy atom. The number of hydrogen-bond donors (Lipinski definition) is 1. The van der Waals surface area contributed by atoms with Crippen molar-refractivity contribution >= 4 is 28.5 Å². The van der Waals surface area contributed by atoms with Crippen molar-refractivity contribution in [2.45, 2.75) is 25.7 Å². The fraction of sp³-hybridized carbons (Fsp3) is 0.300. The lowest BCUT2D eigenvalue weighted by molar-refractivity contribution is 0.187. The van der Waals surface area contributed by atoms with Gasteiger partial charge in [0.05, 0.1) is 11.6 Å².